The number of rotatable bonds is 6. The highest BCUT2D eigenvalue weighted by Gasteiger charge is 2.22. The molecule has 3 aromatic carbocycles. The summed E-state index contributed by atoms with van der Waals surface area (Å²) >= 11 is 1.12. The molecule has 9 heteroatoms. The minimum absolute atomic E-state index is 0.296. The molecule has 0 spiro atoms. The third kappa shape index (κ3) is 3.81. The molecule has 0 radical (unpaired) electrons. The zero-order chi connectivity index (χ0) is 20.4. The number of non-ortho nitro benzene ring substituents is 1. The predicted molar refractivity (Wildman–Crippen MR) is 109 cm³/mol. The van der Waals surface area contributed by atoms with Gasteiger partial charge in [0.2, 0.25) is 0 Å². The van der Waals surface area contributed by atoms with Crippen LogP contribution in [0.25, 0.3) is 11.0 Å². The van der Waals surface area contributed by atoms with Crippen molar-refractivity contribution >= 4 is 34.2 Å². The average molecular weight is 406 g/mol. The van der Waals surface area contributed by atoms with Crippen LogP contribution >= 0.6 is 11.8 Å². The van der Waals surface area contributed by atoms with Crippen LogP contribution in [0.5, 0.6) is 0 Å². The van der Waals surface area contributed by atoms with Gasteiger partial charge in [-0.3, -0.25) is 20.2 Å². The summed E-state index contributed by atoms with van der Waals surface area (Å²) < 4.78 is 1.99. The third-order valence-electron chi connectivity index (χ3n) is 4.35. The van der Waals surface area contributed by atoms with E-state index in [1.807, 2.05) is 59.2 Å². The summed E-state index contributed by atoms with van der Waals surface area (Å²) in [6, 6.07) is 21.1. The SMILES string of the molecule is O=[N+]([O-])c1ccc(Sc2nc3ccccc3n2Cc2ccccc2)c([N+](=O)[O-])c1. The van der Waals surface area contributed by atoms with Crippen molar-refractivity contribution in [2.24, 2.45) is 0 Å². The lowest BCUT2D eigenvalue weighted by Crippen LogP contribution is -2.02. The number of nitro benzene ring substituents is 2. The Morgan fingerprint density at radius 2 is 1.62 bits per heavy atom. The maximum atomic E-state index is 11.5. The lowest BCUT2D eigenvalue weighted by Gasteiger charge is -2.09. The van der Waals surface area contributed by atoms with E-state index in [-0.39, 0.29) is 11.4 Å². The van der Waals surface area contributed by atoms with Crippen LogP contribution in [0.3, 0.4) is 0 Å². The highest BCUT2D eigenvalue weighted by molar-refractivity contribution is 7.99. The van der Waals surface area contributed by atoms with Crippen LogP contribution in [0.15, 0.2) is 82.8 Å². The number of nitro groups is 2. The molecule has 0 atom stereocenters. The summed E-state index contributed by atoms with van der Waals surface area (Å²) in [5, 5.41) is 23.0. The van der Waals surface area contributed by atoms with Gasteiger partial charge in [0, 0.05) is 6.07 Å². The van der Waals surface area contributed by atoms with Crippen LogP contribution in [-0.2, 0) is 6.54 Å². The zero-order valence-electron chi connectivity index (χ0n) is 15.0. The Morgan fingerprint density at radius 3 is 2.34 bits per heavy atom. The van der Waals surface area contributed by atoms with Gasteiger partial charge in [0.15, 0.2) is 5.16 Å². The fraction of sp³-hybridized carbons (Fsp3) is 0.0500. The van der Waals surface area contributed by atoms with Gasteiger partial charge in [-0.05, 0) is 35.5 Å². The molecule has 0 unspecified atom stereocenters. The Kier molecular flexibility index (Phi) is 4.96. The van der Waals surface area contributed by atoms with Gasteiger partial charge in [0.05, 0.1) is 38.4 Å². The fourth-order valence-corrected chi connectivity index (χ4v) is 3.98. The van der Waals surface area contributed by atoms with Crippen LogP contribution in [0, 0.1) is 20.2 Å². The summed E-state index contributed by atoms with van der Waals surface area (Å²) in [6.45, 7) is 0.546. The van der Waals surface area contributed by atoms with E-state index >= 15 is 0 Å². The lowest BCUT2D eigenvalue weighted by atomic mass is 10.2. The maximum absolute atomic E-state index is 11.5. The molecule has 144 valence electrons. The largest absolute Gasteiger partial charge is 0.314 e. The number of hydrogen-bond acceptors (Lipinski definition) is 6. The number of aromatic nitrogens is 2. The highest BCUT2D eigenvalue weighted by Crippen LogP contribution is 2.38. The van der Waals surface area contributed by atoms with Crippen molar-refractivity contribution in [3.63, 3.8) is 0 Å². The van der Waals surface area contributed by atoms with Gasteiger partial charge >= 0.3 is 0 Å². The molecular weight excluding hydrogens is 392 g/mol. The van der Waals surface area contributed by atoms with E-state index in [0.29, 0.717) is 16.6 Å². The maximum Gasteiger partial charge on any atom is 0.290 e. The standard InChI is InChI=1S/C20H14N4O4S/c25-23(26)15-10-11-19(18(12-15)24(27)28)29-20-21-16-8-4-5-9-17(16)22(20)13-14-6-2-1-3-7-14/h1-12H,13H2. The number of imidazole rings is 1. The third-order valence-corrected chi connectivity index (χ3v) is 5.41. The second-order valence-corrected chi connectivity index (χ2v) is 7.23. The normalized spacial score (nSPS) is 10.9. The molecule has 1 aromatic heterocycles. The Hall–Kier alpha value is -3.72. The van der Waals surface area contributed by atoms with Gasteiger partial charge in [-0.15, -0.1) is 0 Å². The molecule has 0 fully saturated rings. The van der Waals surface area contributed by atoms with Gasteiger partial charge in [-0.1, -0.05) is 42.5 Å². The first kappa shape index (κ1) is 18.6. The van der Waals surface area contributed by atoms with Crippen LogP contribution in [0.1, 0.15) is 5.56 Å². The molecule has 0 bridgehead atoms. The quantitative estimate of drug-likeness (QED) is 0.328. The fourth-order valence-electron chi connectivity index (χ4n) is 3.00. The molecule has 4 aromatic rings. The molecule has 0 aliphatic rings. The van der Waals surface area contributed by atoms with Crippen molar-refractivity contribution in [3.05, 3.63) is 98.6 Å². The van der Waals surface area contributed by atoms with Gasteiger partial charge in [-0.25, -0.2) is 4.98 Å². The van der Waals surface area contributed by atoms with Gasteiger partial charge in [0.25, 0.3) is 11.4 Å². The second-order valence-electron chi connectivity index (χ2n) is 6.22. The van der Waals surface area contributed by atoms with E-state index < -0.39 is 9.85 Å². The van der Waals surface area contributed by atoms with Crippen molar-refractivity contribution in [2.45, 2.75) is 16.6 Å². The average Bonchev–Trinajstić information content (AvgIpc) is 3.06. The van der Waals surface area contributed by atoms with Crippen LogP contribution < -0.4 is 0 Å². The molecule has 0 saturated carbocycles. The summed E-state index contributed by atoms with van der Waals surface area (Å²) in [5.41, 5.74) is 2.11. The number of hydrogen-bond donors (Lipinski definition) is 0. The topological polar surface area (TPSA) is 104 Å². The first-order chi connectivity index (χ1) is 14.0. The minimum atomic E-state index is -0.647. The summed E-state index contributed by atoms with van der Waals surface area (Å²) in [4.78, 5) is 26.1. The first-order valence-electron chi connectivity index (χ1n) is 8.63. The van der Waals surface area contributed by atoms with Gasteiger partial charge in [-0.2, -0.15) is 0 Å². The van der Waals surface area contributed by atoms with E-state index in [0.717, 1.165) is 34.4 Å². The van der Waals surface area contributed by atoms with Crippen LogP contribution in [-0.4, -0.2) is 19.4 Å². The number of para-hydroxylation sites is 2. The highest BCUT2D eigenvalue weighted by atomic mass is 32.2. The Balaban J connectivity index is 1.80. The molecule has 0 amide bonds. The molecule has 29 heavy (non-hydrogen) atoms. The summed E-state index contributed by atoms with van der Waals surface area (Å²) in [6.07, 6.45) is 0. The summed E-state index contributed by atoms with van der Waals surface area (Å²) in [5.74, 6) is 0. The Morgan fingerprint density at radius 1 is 0.897 bits per heavy atom. The Labute approximate surface area is 169 Å². The van der Waals surface area contributed by atoms with E-state index in [2.05, 4.69) is 4.98 Å². The predicted octanol–water partition coefficient (Wildman–Crippen LogP) is 5.05. The van der Waals surface area contributed by atoms with Crippen molar-refractivity contribution in [1.29, 1.82) is 0 Å². The van der Waals surface area contributed by atoms with Gasteiger partial charge < -0.3 is 4.57 Å². The first-order valence-corrected chi connectivity index (χ1v) is 9.44. The molecule has 1 heterocycles. The summed E-state index contributed by atoms with van der Waals surface area (Å²) in [7, 11) is 0. The molecule has 0 N–H and O–H groups in total. The number of fused-ring (bicyclic) bond motifs is 1. The zero-order valence-corrected chi connectivity index (χ0v) is 15.8. The van der Waals surface area contributed by atoms with E-state index in [4.69, 9.17) is 0 Å². The second kappa shape index (κ2) is 7.72. The number of nitrogens with zero attached hydrogens (tertiary/aromatic N) is 4. The molecule has 0 aliphatic heterocycles. The van der Waals surface area contributed by atoms with E-state index in [1.54, 1.807) is 0 Å². The Bertz CT molecular complexity index is 1220. The van der Waals surface area contributed by atoms with Crippen molar-refractivity contribution in [3.8, 4) is 0 Å². The molecule has 4 rings (SSSR count). The smallest absolute Gasteiger partial charge is 0.290 e. The van der Waals surface area contributed by atoms with Crippen molar-refractivity contribution in [2.75, 3.05) is 0 Å². The van der Waals surface area contributed by atoms with E-state index in [1.165, 1.54) is 12.1 Å². The molecule has 8 nitrogen and oxygen atoms in total. The van der Waals surface area contributed by atoms with Gasteiger partial charge in [0.1, 0.15) is 0 Å². The van der Waals surface area contributed by atoms with Crippen molar-refractivity contribution in [1.82, 2.24) is 9.55 Å². The molecular formula is C20H14N4O4S. The van der Waals surface area contributed by atoms with Crippen LogP contribution in [0.4, 0.5) is 11.4 Å². The molecule has 0 saturated heterocycles. The number of benzene rings is 3. The minimum Gasteiger partial charge on any atom is -0.314 e. The van der Waals surface area contributed by atoms with E-state index in [9.17, 15) is 20.2 Å². The van der Waals surface area contributed by atoms with Crippen LogP contribution in [0.2, 0.25) is 0 Å². The molecule has 0 aliphatic carbocycles. The monoisotopic (exact) mass is 406 g/mol. The lowest BCUT2D eigenvalue weighted by molar-refractivity contribution is -0.396. The van der Waals surface area contributed by atoms with Crippen molar-refractivity contribution < 1.29 is 9.85 Å².